The van der Waals surface area contributed by atoms with Crippen LogP contribution in [0.15, 0.2) is 60.7 Å². The number of rotatable bonds is 5. The first-order valence-corrected chi connectivity index (χ1v) is 7.75. The van der Waals surface area contributed by atoms with Crippen LogP contribution in [0.2, 0.25) is 5.02 Å². The summed E-state index contributed by atoms with van der Waals surface area (Å²) in [5.74, 6) is -0.886. The van der Waals surface area contributed by atoms with Crippen molar-refractivity contribution in [3.63, 3.8) is 0 Å². The van der Waals surface area contributed by atoms with E-state index >= 15 is 0 Å². The molecule has 0 aliphatic rings. The van der Waals surface area contributed by atoms with Crippen LogP contribution in [0, 0.1) is 0 Å². The Balaban J connectivity index is 2.12. The van der Waals surface area contributed by atoms with Gasteiger partial charge >= 0.3 is 5.97 Å². The summed E-state index contributed by atoms with van der Waals surface area (Å²) in [4.78, 5) is 25.8. The molecule has 0 unspecified atom stereocenters. The minimum absolute atomic E-state index is 0.297. The van der Waals surface area contributed by atoms with Crippen molar-refractivity contribution in [3.05, 3.63) is 76.8 Å². The van der Waals surface area contributed by atoms with E-state index in [1.54, 1.807) is 68.7 Å². The Morgan fingerprint density at radius 2 is 1.67 bits per heavy atom. The lowest BCUT2D eigenvalue weighted by molar-refractivity contribution is -0.155. The molecule has 0 fully saturated rings. The van der Waals surface area contributed by atoms with Gasteiger partial charge in [-0.2, -0.15) is 0 Å². The van der Waals surface area contributed by atoms with Crippen LogP contribution >= 0.6 is 11.6 Å². The van der Waals surface area contributed by atoms with Crippen LogP contribution in [0.4, 0.5) is 0 Å². The van der Waals surface area contributed by atoms with Crippen molar-refractivity contribution in [1.82, 2.24) is 4.90 Å². The van der Waals surface area contributed by atoms with Crippen molar-refractivity contribution in [3.8, 4) is 0 Å². The van der Waals surface area contributed by atoms with E-state index in [1.165, 1.54) is 11.0 Å². The second-order valence-corrected chi connectivity index (χ2v) is 5.78. The standard InChI is InChI=1S/C19H18ClNO3/c1-21(2)19(23)18(15-6-4-3-5-7-15)24-17(22)13-10-14-8-11-16(20)12-9-14/h3-13,18H,1-2H3/b13-10+/t18-/m0/s1. The SMILES string of the molecule is CN(C)C(=O)[C@@H](OC(=O)/C=C/c1ccc(Cl)cc1)c1ccccc1. The number of halogens is 1. The highest BCUT2D eigenvalue weighted by atomic mass is 35.5. The fourth-order valence-electron chi connectivity index (χ4n) is 2.02. The number of ether oxygens (including phenoxy) is 1. The zero-order valence-corrected chi connectivity index (χ0v) is 14.2. The fourth-order valence-corrected chi connectivity index (χ4v) is 2.14. The molecule has 24 heavy (non-hydrogen) atoms. The number of hydrogen-bond donors (Lipinski definition) is 0. The molecule has 0 heterocycles. The van der Waals surface area contributed by atoms with Gasteiger partial charge in [-0.1, -0.05) is 54.1 Å². The smallest absolute Gasteiger partial charge is 0.331 e. The third-order valence-corrected chi connectivity index (χ3v) is 3.54. The molecule has 2 aromatic carbocycles. The zero-order valence-electron chi connectivity index (χ0n) is 13.5. The van der Waals surface area contributed by atoms with Gasteiger partial charge in [-0.25, -0.2) is 4.79 Å². The van der Waals surface area contributed by atoms with E-state index in [1.807, 2.05) is 6.07 Å². The summed E-state index contributed by atoms with van der Waals surface area (Å²) in [5, 5.41) is 0.621. The molecule has 1 atom stereocenters. The van der Waals surface area contributed by atoms with Crippen LogP contribution in [-0.4, -0.2) is 30.9 Å². The summed E-state index contributed by atoms with van der Waals surface area (Å²) >= 11 is 5.82. The number of benzene rings is 2. The molecule has 124 valence electrons. The van der Waals surface area contributed by atoms with E-state index in [4.69, 9.17) is 16.3 Å². The van der Waals surface area contributed by atoms with Gasteiger partial charge in [0.1, 0.15) is 0 Å². The van der Waals surface area contributed by atoms with Gasteiger partial charge < -0.3 is 9.64 Å². The molecule has 2 rings (SSSR count). The van der Waals surface area contributed by atoms with E-state index in [2.05, 4.69) is 0 Å². The van der Waals surface area contributed by atoms with Gasteiger partial charge in [0.25, 0.3) is 5.91 Å². The van der Waals surface area contributed by atoms with Crippen molar-refractivity contribution < 1.29 is 14.3 Å². The Labute approximate surface area is 146 Å². The Hall–Kier alpha value is -2.59. The molecule has 0 saturated carbocycles. The number of hydrogen-bond acceptors (Lipinski definition) is 3. The average molecular weight is 344 g/mol. The van der Waals surface area contributed by atoms with Crippen LogP contribution in [0.5, 0.6) is 0 Å². The minimum Gasteiger partial charge on any atom is -0.444 e. The lowest BCUT2D eigenvalue weighted by atomic mass is 10.1. The van der Waals surface area contributed by atoms with Gasteiger partial charge in [-0.3, -0.25) is 4.79 Å². The molecule has 0 aliphatic carbocycles. The molecular formula is C19H18ClNO3. The number of nitrogens with zero attached hydrogens (tertiary/aromatic N) is 1. The zero-order chi connectivity index (χ0) is 17.5. The highest BCUT2D eigenvalue weighted by molar-refractivity contribution is 6.30. The normalized spacial score (nSPS) is 12.0. The largest absolute Gasteiger partial charge is 0.444 e. The molecule has 0 bridgehead atoms. The van der Waals surface area contributed by atoms with Crippen LogP contribution in [0.3, 0.4) is 0 Å². The third kappa shape index (κ3) is 4.96. The molecular weight excluding hydrogens is 326 g/mol. The predicted molar refractivity (Wildman–Crippen MR) is 94.5 cm³/mol. The Morgan fingerprint density at radius 3 is 2.25 bits per heavy atom. The molecule has 0 aliphatic heterocycles. The Kier molecular flexibility index (Phi) is 6.15. The Bertz CT molecular complexity index is 724. The van der Waals surface area contributed by atoms with E-state index in [-0.39, 0.29) is 5.91 Å². The van der Waals surface area contributed by atoms with E-state index in [9.17, 15) is 9.59 Å². The maximum absolute atomic E-state index is 12.3. The van der Waals surface area contributed by atoms with Crippen LogP contribution in [0.1, 0.15) is 17.2 Å². The first-order chi connectivity index (χ1) is 11.5. The number of esters is 1. The third-order valence-electron chi connectivity index (χ3n) is 3.28. The molecule has 1 amide bonds. The topological polar surface area (TPSA) is 46.6 Å². The lowest BCUT2D eigenvalue weighted by Crippen LogP contribution is -2.30. The van der Waals surface area contributed by atoms with Gasteiger partial charge in [0, 0.05) is 30.8 Å². The van der Waals surface area contributed by atoms with Crippen LogP contribution in [-0.2, 0) is 14.3 Å². The number of carbonyl (C=O) groups excluding carboxylic acids is 2. The summed E-state index contributed by atoms with van der Waals surface area (Å²) in [5.41, 5.74) is 1.44. The quantitative estimate of drug-likeness (QED) is 0.614. The highest BCUT2D eigenvalue weighted by Crippen LogP contribution is 2.20. The first-order valence-electron chi connectivity index (χ1n) is 7.38. The number of amides is 1. The maximum Gasteiger partial charge on any atom is 0.331 e. The fraction of sp³-hybridized carbons (Fsp3) is 0.158. The van der Waals surface area contributed by atoms with Gasteiger partial charge in [-0.15, -0.1) is 0 Å². The van der Waals surface area contributed by atoms with Gasteiger partial charge in [0.05, 0.1) is 0 Å². The molecule has 2 aromatic rings. The lowest BCUT2D eigenvalue weighted by Gasteiger charge is -2.20. The summed E-state index contributed by atoms with van der Waals surface area (Å²) in [6.07, 6.45) is 1.94. The first kappa shape index (κ1) is 17.8. The van der Waals surface area contributed by atoms with E-state index in [0.29, 0.717) is 10.6 Å². The summed E-state index contributed by atoms with van der Waals surface area (Å²) in [6.45, 7) is 0. The predicted octanol–water partition coefficient (Wildman–Crippen LogP) is 3.73. The summed E-state index contributed by atoms with van der Waals surface area (Å²) in [7, 11) is 3.24. The minimum atomic E-state index is -0.969. The van der Waals surface area contributed by atoms with Crippen molar-refractivity contribution in [2.75, 3.05) is 14.1 Å². The van der Waals surface area contributed by atoms with Crippen molar-refractivity contribution in [2.24, 2.45) is 0 Å². The number of carbonyl (C=O) groups is 2. The van der Waals surface area contributed by atoms with Crippen molar-refractivity contribution >= 4 is 29.6 Å². The molecule has 0 saturated heterocycles. The highest BCUT2D eigenvalue weighted by Gasteiger charge is 2.25. The Morgan fingerprint density at radius 1 is 1.04 bits per heavy atom. The molecule has 0 N–H and O–H groups in total. The molecule has 0 spiro atoms. The van der Waals surface area contributed by atoms with Gasteiger partial charge in [0.2, 0.25) is 6.10 Å². The monoisotopic (exact) mass is 343 g/mol. The van der Waals surface area contributed by atoms with Gasteiger partial charge in [-0.05, 0) is 23.8 Å². The molecule has 5 heteroatoms. The maximum atomic E-state index is 12.3. The number of likely N-dealkylation sites (N-methyl/N-ethyl adjacent to an activating group) is 1. The average Bonchev–Trinajstić information content (AvgIpc) is 2.59. The second kappa shape index (κ2) is 8.31. The molecule has 4 nitrogen and oxygen atoms in total. The van der Waals surface area contributed by atoms with Crippen LogP contribution in [0.25, 0.3) is 6.08 Å². The molecule has 0 aromatic heterocycles. The van der Waals surface area contributed by atoms with E-state index in [0.717, 1.165) is 5.56 Å². The van der Waals surface area contributed by atoms with Gasteiger partial charge in [0.15, 0.2) is 0 Å². The summed E-state index contributed by atoms with van der Waals surface area (Å²) in [6, 6.07) is 16.0. The van der Waals surface area contributed by atoms with Crippen molar-refractivity contribution in [1.29, 1.82) is 0 Å². The summed E-state index contributed by atoms with van der Waals surface area (Å²) < 4.78 is 5.36. The van der Waals surface area contributed by atoms with Crippen LogP contribution < -0.4 is 0 Å². The second-order valence-electron chi connectivity index (χ2n) is 5.35. The molecule has 0 radical (unpaired) electrons. The van der Waals surface area contributed by atoms with Crippen molar-refractivity contribution in [2.45, 2.75) is 6.10 Å². The van der Waals surface area contributed by atoms with E-state index < -0.39 is 12.1 Å².